The van der Waals surface area contributed by atoms with Gasteiger partial charge in [0.25, 0.3) is 0 Å². The van der Waals surface area contributed by atoms with Gasteiger partial charge in [-0.1, -0.05) is 29.8 Å². The number of nitriles is 1. The number of piperazine rings is 1. The van der Waals surface area contributed by atoms with Gasteiger partial charge < -0.3 is 45.7 Å². The van der Waals surface area contributed by atoms with Gasteiger partial charge >= 0.3 is 12.1 Å². The summed E-state index contributed by atoms with van der Waals surface area (Å²) in [6.07, 6.45) is 4.30. The van der Waals surface area contributed by atoms with Crippen molar-refractivity contribution < 1.29 is 40.6 Å². The molecule has 1 aliphatic carbocycles. The molecule has 4 saturated heterocycles. The molecule has 4 fully saturated rings. The summed E-state index contributed by atoms with van der Waals surface area (Å²) < 4.78 is 71.8. The molecule has 5 aliphatic rings. The minimum atomic E-state index is -3.79. The molecule has 4 amide bonds. The van der Waals surface area contributed by atoms with Crippen LogP contribution in [-0.4, -0.2) is 173 Å². The van der Waals surface area contributed by atoms with E-state index in [4.69, 9.17) is 31.0 Å². The molecule has 72 heavy (non-hydrogen) atoms. The van der Waals surface area contributed by atoms with E-state index in [2.05, 4.69) is 52.1 Å². The van der Waals surface area contributed by atoms with E-state index in [1.165, 1.54) is 0 Å². The summed E-state index contributed by atoms with van der Waals surface area (Å²) >= 11 is 6.47. The van der Waals surface area contributed by atoms with Gasteiger partial charge in [0.05, 0.1) is 53.9 Å². The predicted molar refractivity (Wildman–Crippen MR) is 271 cm³/mol. The van der Waals surface area contributed by atoms with Crippen molar-refractivity contribution >= 4 is 43.7 Å². The molecule has 23 heteroatoms. The monoisotopic (exact) mass is 1050 g/mol. The highest BCUT2D eigenvalue weighted by molar-refractivity contribution is 7.89. The van der Waals surface area contributed by atoms with Crippen LogP contribution in [-0.2, 0) is 35.9 Å². The van der Waals surface area contributed by atoms with Crippen LogP contribution in [0.1, 0.15) is 66.4 Å². The number of carbonyl (C=O) groups is 2. The van der Waals surface area contributed by atoms with E-state index in [9.17, 15) is 31.7 Å². The minimum absolute atomic E-state index is 0.0310. The standard InChI is InChI=1S/C49H68ClN11O9S2/c50-36-25-35(29-51)43-28-45(61-33-38-27-39(61)30-57-38)47(44(43)26-36)70-40-7-9-41(10-8-40)72(66,67)58-37-12-18-60(32-37)20-24-69-22-16-56-49(63)54-14-4-3-13-53-48(62)55-15-21-68-23-19-59-17-11-34(31-59)42-5-1-2-6-46(42)71(52,64)65/h1-2,5-10,25-26,34,37-39,45,47,57-58H,3-4,11-24,27-28,30-33H2,(H2,52,64,65)(H2,53,55,62)(H2,54,56,63)/t34-,37+,38-,39-,45-,47-/m0/s1. The summed E-state index contributed by atoms with van der Waals surface area (Å²) in [6, 6.07) is 19.4. The SMILES string of the molecule is N#Cc1cc(Cl)cc2c1C[C@H](N1C[C@@H]3C[C@H]1CN3)[C@H]2Oc1ccc(S(=O)(=O)N[C@@H]2CCN(CCOCCNC(=O)NCCCCNC(=O)NCCOCCN3CC[C@H](c4ccccc4S(N)(=O)=O)C3)C2)cc1. The number of likely N-dealkylation sites (tertiary alicyclic amines) is 3. The Hall–Kier alpha value is -4.64. The van der Waals surface area contributed by atoms with Crippen LogP contribution in [0.3, 0.4) is 0 Å². The smallest absolute Gasteiger partial charge is 0.314 e. The number of halogens is 1. The van der Waals surface area contributed by atoms with Gasteiger partial charge in [0, 0.05) is 88.6 Å². The van der Waals surface area contributed by atoms with Gasteiger partial charge in [-0.05, 0) is 117 Å². The first kappa shape index (κ1) is 53.6. The summed E-state index contributed by atoms with van der Waals surface area (Å²) in [5.41, 5.74) is 3.19. The molecule has 392 valence electrons. The van der Waals surface area contributed by atoms with Gasteiger partial charge in [0.15, 0.2) is 0 Å². The van der Waals surface area contributed by atoms with Crippen molar-refractivity contribution in [1.82, 2.24) is 46.0 Å². The molecular weight excluding hydrogens is 986 g/mol. The number of ether oxygens (including phenoxy) is 3. The molecule has 0 aromatic heterocycles. The van der Waals surface area contributed by atoms with Gasteiger partial charge in [-0.3, -0.25) is 9.80 Å². The number of nitrogens with zero attached hydrogens (tertiary/aromatic N) is 4. The largest absolute Gasteiger partial charge is 0.484 e. The normalized spacial score (nSPS) is 23.2. The molecular formula is C49H68ClN11O9S2. The topological polar surface area (TPSA) is 262 Å². The van der Waals surface area contributed by atoms with Gasteiger partial charge in [0.1, 0.15) is 11.9 Å². The average molecular weight is 1050 g/mol. The van der Waals surface area contributed by atoms with E-state index in [0.717, 1.165) is 62.3 Å². The Balaban J connectivity index is 0.626. The quantitative estimate of drug-likeness (QED) is 0.0601. The molecule has 2 bridgehead atoms. The van der Waals surface area contributed by atoms with Crippen molar-refractivity contribution in [2.75, 3.05) is 105 Å². The van der Waals surface area contributed by atoms with Crippen LogP contribution in [0.4, 0.5) is 9.59 Å². The molecule has 4 aliphatic heterocycles. The molecule has 0 radical (unpaired) electrons. The maximum atomic E-state index is 13.5. The van der Waals surface area contributed by atoms with Crippen LogP contribution in [0, 0.1) is 11.3 Å². The van der Waals surface area contributed by atoms with E-state index >= 15 is 0 Å². The Labute approximate surface area is 428 Å². The van der Waals surface area contributed by atoms with Gasteiger partial charge in [-0.25, -0.2) is 36.3 Å². The molecule has 8 N–H and O–H groups in total. The van der Waals surface area contributed by atoms with Crippen molar-refractivity contribution in [2.24, 2.45) is 5.14 Å². The Kier molecular flexibility index (Phi) is 18.7. The number of hydrogen-bond donors (Lipinski definition) is 7. The third-order valence-electron chi connectivity index (χ3n) is 14.2. The average Bonchev–Trinajstić information content (AvgIpc) is 4.23. The second-order valence-corrected chi connectivity index (χ2v) is 22.9. The predicted octanol–water partition coefficient (Wildman–Crippen LogP) is 2.20. The molecule has 6 atom stereocenters. The lowest BCUT2D eigenvalue weighted by atomic mass is 9.98. The number of unbranched alkanes of at least 4 members (excludes halogenated alkanes) is 1. The summed E-state index contributed by atoms with van der Waals surface area (Å²) in [4.78, 5) is 31.6. The molecule has 4 heterocycles. The highest BCUT2D eigenvalue weighted by Crippen LogP contribution is 2.44. The first-order valence-electron chi connectivity index (χ1n) is 25.0. The van der Waals surface area contributed by atoms with Gasteiger partial charge in [-0.2, -0.15) is 5.26 Å². The third kappa shape index (κ3) is 14.3. The number of hydrogen-bond acceptors (Lipinski definition) is 14. The number of carbonyl (C=O) groups excluding carboxylic acids is 2. The molecule has 3 aromatic rings. The number of nitrogens with two attached hydrogens (primary N) is 1. The van der Waals surface area contributed by atoms with Gasteiger partial charge in [0.2, 0.25) is 20.0 Å². The molecule has 0 saturated carbocycles. The summed E-state index contributed by atoms with van der Waals surface area (Å²) in [5, 5.41) is 30.5. The minimum Gasteiger partial charge on any atom is -0.484 e. The van der Waals surface area contributed by atoms with Crippen LogP contribution < -0.4 is 41.2 Å². The zero-order chi connectivity index (χ0) is 50.7. The van der Waals surface area contributed by atoms with E-state index in [0.29, 0.717) is 126 Å². The van der Waals surface area contributed by atoms with E-state index in [1.807, 2.05) is 18.2 Å². The zero-order valence-corrected chi connectivity index (χ0v) is 42.9. The highest BCUT2D eigenvalue weighted by Gasteiger charge is 2.48. The number of primary sulfonamides is 1. The summed E-state index contributed by atoms with van der Waals surface area (Å²) in [7, 11) is -7.57. The first-order chi connectivity index (χ1) is 34.7. The lowest BCUT2D eigenvalue weighted by Gasteiger charge is -2.36. The van der Waals surface area contributed by atoms with E-state index in [1.54, 1.807) is 42.5 Å². The second kappa shape index (κ2) is 25.1. The lowest BCUT2D eigenvalue weighted by Crippen LogP contribution is -2.50. The fourth-order valence-corrected chi connectivity index (χ4v) is 13.0. The summed E-state index contributed by atoms with van der Waals surface area (Å²) in [5.74, 6) is 0.637. The Morgan fingerprint density at radius 1 is 0.806 bits per heavy atom. The van der Waals surface area contributed by atoms with Crippen LogP contribution in [0.25, 0.3) is 0 Å². The van der Waals surface area contributed by atoms with Crippen LogP contribution in [0.15, 0.2) is 70.5 Å². The summed E-state index contributed by atoms with van der Waals surface area (Å²) in [6.45, 7) is 9.26. The van der Waals surface area contributed by atoms with E-state index < -0.39 is 20.0 Å². The van der Waals surface area contributed by atoms with Crippen LogP contribution >= 0.6 is 11.6 Å². The highest BCUT2D eigenvalue weighted by atomic mass is 35.5. The molecule has 20 nitrogen and oxygen atoms in total. The molecule has 8 rings (SSSR count). The zero-order valence-electron chi connectivity index (χ0n) is 40.5. The Morgan fingerprint density at radius 3 is 2.10 bits per heavy atom. The second-order valence-electron chi connectivity index (χ2n) is 19.2. The van der Waals surface area contributed by atoms with Crippen molar-refractivity contribution in [3.8, 4) is 11.8 Å². The number of benzene rings is 3. The number of rotatable bonds is 25. The number of nitrogens with one attached hydrogen (secondary N) is 6. The number of sulfonamides is 2. The van der Waals surface area contributed by atoms with Crippen molar-refractivity contribution in [3.05, 3.63) is 87.9 Å². The number of fused-ring (bicyclic) bond motifs is 3. The fraction of sp³-hybridized carbons (Fsp3) is 0.571. The lowest BCUT2D eigenvalue weighted by molar-refractivity contribution is 0.0614. The maximum Gasteiger partial charge on any atom is 0.314 e. The van der Waals surface area contributed by atoms with Gasteiger partial charge in [-0.15, -0.1) is 0 Å². The van der Waals surface area contributed by atoms with Crippen molar-refractivity contribution in [2.45, 2.75) is 84.5 Å². The Bertz CT molecular complexity index is 2610. The Morgan fingerprint density at radius 2 is 1.46 bits per heavy atom. The number of amides is 4. The van der Waals surface area contributed by atoms with Crippen molar-refractivity contribution in [1.29, 1.82) is 5.26 Å². The maximum absolute atomic E-state index is 13.5. The fourth-order valence-electron chi connectivity index (χ4n) is 10.7. The molecule has 0 unspecified atom stereocenters. The number of urea groups is 2. The van der Waals surface area contributed by atoms with Crippen LogP contribution in [0.5, 0.6) is 5.75 Å². The van der Waals surface area contributed by atoms with E-state index in [-0.39, 0.29) is 46.0 Å². The molecule has 3 aromatic carbocycles. The molecule has 0 spiro atoms. The first-order valence-corrected chi connectivity index (χ1v) is 28.4. The van der Waals surface area contributed by atoms with Crippen molar-refractivity contribution in [3.63, 3.8) is 0 Å². The van der Waals surface area contributed by atoms with Crippen LogP contribution in [0.2, 0.25) is 5.02 Å². The third-order valence-corrected chi connectivity index (χ3v) is 17.0.